The van der Waals surface area contributed by atoms with Crippen LogP contribution in [-0.2, 0) is 0 Å². The lowest BCUT2D eigenvalue weighted by Gasteiger charge is -2.16. The molecule has 2 N–H and O–H groups in total. The topological polar surface area (TPSA) is 92.2 Å². The van der Waals surface area contributed by atoms with Crippen molar-refractivity contribution in [3.05, 3.63) is 24.3 Å². The number of nitrogens with zero attached hydrogens (tertiary/aromatic N) is 6. The number of aromatic nitrogens is 2. The number of benzene rings is 1. The van der Waals surface area contributed by atoms with Gasteiger partial charge in [0.15, 0.2) is 15.3 Å². The van der Waals surface area contributed by atoms with Crippen LogP contribution in [0.15, 0.2) is 34.5 Å². The molecule has 2 aromatic heterocycles. The van der Waals surface area contributed by atoms with Gasteiger partial charge in [0.1, 0.15) is 27.8 Å². The van der Waals surface area contributed by atoms with E-state index in [1.54, 1.807) is 18.4 Å². The maximum absolute atomic E-state index is 6.32. The molecule has 0 bridgehead atoms. The van der Waals surface area contributed by atoms with Crippen molar-refractivity contribution in [3.63, 3.8) is 0 Å². The van der Waals surface area contributed by atoms with Gasteiger partial charge in [-0.1, -0.05) is 34.8 Å². The zero-order chi connectivity index (χ0) is 22.4. The maximum Gasteiger partial charge on any atom is 0.188 e. The van der Waals surface area contributed by atoms with Crippen molar-refractivity contribution in [1.82, 2.24) is 9.97 Å². The summed E-state index contributed by atoms with van der Waals surface area (Å²) in [4.78, 5) is 14.7. The van der Waals surface area contributed by atoms with Gasteiger partial charge in [-0.15, -0.1) is 10.2 Å². The fraction of sp³-hybridized carbons (Fsp3) is 0.429. The molecule has 0 aliphatic carbocycles. The summed E-state index contributed by atoms with van der Waals surface area (Å²) in [6.07, 6.45) is 0. The number of para-hydroxylation sites is 1. The lowest BCUT2D eigenvalue weighted by atomic mass is 10.3. The number of anilines is 3. The minimum Gasteiger partial charge on any atom is -0.494 e. The maximum atomic E-state index is 6.32. The summed E-state index contributed by atoms with van der Waals surface area (Å²) < 4.78 is 5.39. The lowest BCUT2D eigenvalue weighted by molar-refractivity contribution is 0.416. The van der Waals surface area contributed by atoms with Crippen LogP contribution in [-0.4, -0.2) is 43.3 Å². The summed E-state index contributed by atoms with van der Waals surface area (Å²) in [6, 6.07) is 7.54. The highest BCUT2D eigenvalue weighted by Gasteiger charge is 2.22. The first-order valence-corrected chi connectivity index (χ1v) is 12.0. The summed E-state index contributed by atoms with van der Waals surface area (Å²) in [6.45, 7) is 11.9. The second-order valence-electron chi connectivity index (χ2n) is 6.58. The first-order valence-electron chi connectivity index (χ1n) is 10.4. The van der Waals surface area contributed by atoms with Gasteiger partial charge in [0.25, 0.3) is 0 Å². The smallest absolute Gasteiger partial charge is 0.188 e. The van der Waals surface area contributed by atoms with Crippen molar-refractivity contribution >= 4 is 49.4 Å². The highest BCUT2D eigenvalue weighted by molar-refractivity contribution is 7.22. The van der Waals surface area contributed by atoms with E-state index in [0.717, 1.165) is 47.0 Å². The average molecular weight is 460 g/mol. The minimum atomic E-state index is 0.469. The molecule has 0 atom stereocenters. The van der Waals surface area contributed by atoms with E-state index in [0.29, 0.717) is 22.3 Å². The van der Waals surface area contributed by atoms with Gasteiger partial charge in [-0.25, -0.2) is 9.97 Å². The first kappa shape index (κ1) is 23.0. The summed E-state index contributed by atoms with van der Waals surface area (Å²) >= 11 is 3.05. The van der Waals surface area contributed by atoms with Gasteiger partial charge >= 0.3 is 0 Å². The third kappa shape index (κ3) is 4.96. The number of thiazole rings is 2. The van der Waals surface area contributed by atoms with Gasteiger partial charge in [-0.2, -0.15) is 0 Å². The van der Waals surface area contributed by atoms with Gasteiger partial charge in [0.05, 0.1) is 7.11 Å². The van der Waals surface area contributed by atoms with Crippen LogP contribution >= 0.6 is 22.7 Å². The van der Waals surface area contributed by atoms with E-state index in [4.69, 9.17) is 15.5 Å². The fourth-order valence-electron chi connectivity index (χ4n) is 3.08. The van der Waals surface area contributed by atoms with Gasteiger partial charge in [0.2, 0.25) is 0 Å². The fourth-order valence-corrected chi connectivity index (χ4v) is 5.27. The Labute approximate surface area is 191 Å². The molecule has 10 heteroatoms. The third-order valence-electron chi connectivity index (χ3n) is 4.86. The van der Waals surface area contributed by atoms with Crippen LogP contribution in [0.2, 0.25) is 0 Å². The van der Waals surface area contributed by atoms with Crippen molar-refractivity contribution in [2.45, 2.75) is 27.7 Å². The molecule has 0 aliphatic heterocycles. The summed E-state index contributed by atoms with van der Waals surface area (Å²) in [5, 5.41) is 11.5. The number of nitrogen functional groups attached to an aromatic ring is 1. The summed E-state index contributed by atoms with van der Waals surface area (Å²) in [5.41, 5.74) is 7.71. The molecule has 0 aliphatic rings. The molecule has 2 heterocycles. The van der Waals surface area contributed by atoms with Crippen molar-refractivity contribution in [2.24, 2.45) is 10.2 Å². The number of ether oxygens (including phenoxy) is 1. The molecule has 166 valence electrons. The number of azo groups is 1. The third-order valence-corrected chi connectivity index (χ3v) is 7.00. The average Bonchev–Trinajstić information content (AvgIpc) is 3.37. The van der Waals surface area contributed by atoms with Gasteiger partial charge in [-0.05, 0) is 39.8 Å². The molecule has 0 spiro atoms. The Hall–Kier alpha value is -2.72. The van der Waals surface area contributed by atoms with Crippen LogP contribution in [0.5, 0.6) is 5.75 Å². The Bertz CT molecular complexity index is 1020. The van der Waals surface area contributed by atoms with Crippen molar-refractivity contribution < 1.29 is 4.74 Å². The molecule has 1 aromatic carbocycles. The van der Waals surface area contributed by atoms with Crippen LogP contribution < -0.4 is 20.3 Å². The number of rotatable bonds is 10. The van der Waals surface area contributed by atoms with E-state index in [9.17, 15) is 0 Å². The zero-order valence-corrected chi connectivity index (χ0v) is 20.3. The largest absolute Gasteiger partial charge is 0.494 e. The van der Waals surface area contributed by atoms with Crippen molar-refractivity contribution in [1.29, 1.82) is 0 Å². The van der Waals surface area contributed by atoms with Crippen molar-refractivity contribution in [2.75, 3.05) is 48.8 Å². The van der Waals surface area contributed by atoms with E-state index >= 15 is 0 Å². The molecule has 0 unspecified atom stereocenters. The Balaban J connectivity index is 2.08. The van der Waals surface area contributed by atoms with E-state index < -0.39 is 0 Å². The Morgan fingerprint density at radius 1 is 0.903 bits per heavy atom. The highest BCUT2D eigenvalue weighted by Crippen LogP contribution is 2.46. The summed E-state index contributed by atoms with van der Waals surface area (Å²) in [5.74, 6) is 1.14. The number of nitrogens with two attached hydrogens (primary N) is 1. The van der Waals surface area contributed by atoms with Crippen molar-refractivity contribution in [3.8, 4) is 16.3 Å². The molecular weight excluding hydrogens is 430 g/mol. The minimum absolute atomic E-state index is 0.469. The van der Waals surface area contributed by atoms with Crippen LogP contribution in [0.1, 0.15) is 27.7 Å². The van der Waals surface area contributed by atoms with E-state index in [-0.39, 0.29) is 0 Å². The second kappa shape index (κ2) is 10.5. The Morgan fingerprint density at radius 2 is 1.52 bits per heavy atom. The molecule has 0 saturated heterocycles. The standard InChI is InChI=1S/C21H29N7OS2/c1-6-27(7-2)20-23-16(17-18(22)24-21(30-17)28(8-3)9-4)19(31-20)26-25-14-12-10-11-13-15(14)29-5/h10-13H,6-9,22H2,1-5H3. The lowest BCUT2D eigenvalue weighted by Crippen LogP contribution is -2.21. The number of methoxy groups -OCH3 is 1. The molecule has 31 heavy (non-hydrogen) atoms. The number of hydrogen-bond donors (Lipinski definition) is 1. The van der Waals surface area contributed by atoms with Crippen LogP contribution in [0.25, 0.3) is 10.6 Å². The predicted octanol–water partition coefficient (Wildman–Crippen LogP) is 5.97. The van der Waals surface area contributed by atoms with Gasteiger partial charge in [0, 0.05) is 26.2 Å². The molecule has 0 amide bonds. The van der Waals surface area contributed by atoms with E-state index in [1.807, 2.05) is 24.3 Å². The predicted molar refractivity (Wildman–Crippen MR) is 132 cm³/mol. The molecule has 8 nitrogen and oxygen atoms in total. The zero-order valence-electron chi connectivity index (χ0n) is 18.6. The molecule has 3 rings (SSSR count). The second-order valence-corrected chi connectivity index (χ2v) is 8.51. The van der Waals surface area contributed by atoms with Gasteiger partial charge < -0.3 is 20.3 Å². The normalized spacial score (nSPS) is 11.3. The molecule has 3 aromatic rings. The van der Waals surface area contributed by atoms with Gasteiger partial charge in [-0.3, -0.25) is 0 Å². The molecule has 0 fully saturated rings. The Kier molecular flexibility index (Phi) is 7.80. The van der Waals surface area contributed by atoms with E-state index in [2.05, 4.69) is 52.7 Å². The first-order chi connectivity index (χ1) is 15.1. The monoisotopic (exact) mass is 459 g/mol. The molecule has 0 saturated carbocycles. The van der Waals surface area contributed by atoms with Crippen LogP contribution in [0, 0.1) is 0 Å². The highest BCUT2D eigenvalue weighted by atomic mass is 32.1. The quantitative estimate of drug-likeness (QED) is 0.376. The SMILES string of the molecule is CCN(CC)c1nc(-c2sc(N(CC)CC)nc2N)c(N=Nc2ccccc2OC)s1. The van der Waals surface area contributed by atoms with E-state index in [1.165, 1.54) is 11.3 Å². The van der Waals surface area contributed by atoms with Crippen LogP contribution in [0.3, 0.4) is 0 Å². The molecular formula is C21H29N7OS2. The Morgan fingerprint density at radius 3 is 2.13 bits per heavy atom. The van der Waals surface area contributed by atoms with Crippen LogP contribution in [0.4, 0.5) is 26.8 Å². The summed E-state index contributed by atoms with van der Waals surface area (Å²) in [7, 11) is 1.62. The number of hydrogen-bond acceptors (Lipinski definition) is 10. The molecule has 0 radical (unpaired) electrons.